The van der Waals surface area contributed by atoms with E-state index in [1.807, 2.05) is 19.1 Å². The van der Waals surface area contributed by atoms with Gasteiger partial charge in [0.15, 0.2) is 0 Å². The van der Waals surface area contributed by atoms with E-state index in [2.05, 4.69) is 30.3 Å². The molecule has 0 atom stereocenters. The van der Waals surface area contributed by atoms with Crippen molar-refractivity contribution >= 4 is 0 Å². The summed E-state index contributed by atoms with van der Waals surface area (Å²) in [6, 6.07) is 14.4. The van der Waals surface area contributed by atoms with Gasteiger partial charge in [0.25, 0.3) is 0 Å². The standard InChI is InChI=1S/C12H12O/c1-2-13-12-8-6-10-4-3-5-11(10)7-9-12/h3-9H,2H2,1H3. The minimum absolute atomic E-state index is 0.717. The number of rotatable bonds is 2. The summed E-state index contributed by atoms with van der Waals surface area (Å²) in [5.41, 5.74) is 2.51. The minimum atomic E-state index is 0.717. The summed E-state index contributed by atoms with van der Waals surface area (Å²) >= 11 is 0. The zero-order valence-electron chi connectivity index (χ0n) is 7.66. The lowest BCUT2D eigenvalue weighted by molar-refractivity contribution is 0.340. The topological polar surface area (TPSA) is 9.23 Å². The number of fused-ring (bicyclic) bond motifs is 1. The molecule has 13 heavy (non-hydrogen) atoms. The largest absolute Gasteiger partial charge is 0.494 e. The molecule has 0 amide bonds. The highest BCUT2D eigenvalue weighted by molar-refractivity contribution is 5.66. The van der Waals surface area contributed by atoms with E-state index < -0.39 is 0 Å². The lowest BCUT2D eigenvalue weighted by atomic mass is 10.2. The molecule has 0 spiro atoms. The van der Waals surface area contributed by atoms with Gasteiger partial charge in [-0.2, -0.15) is 0 Å². The fourth-order valence-corrected chi connectivity index (χ4v) is 1.41. The lowest BCUT2D eigenvalue weighted by Gasteiger charge is -1.97. The Balaban J connectivity index is 2.43. The Bertz CT molecular complexity index is 337. The Kier molecular flexibility index (Phi) is 2.17. The molecule has 2 rings (SSSR count). The average Bonchev–Trinajstić information content (AvgIpc) is 2.50. The molecule has 0 fully saturated rings. The van der Waals surface area contributed by atoms with Crippen molar-refractivity contribution in [2.45, 2.75) is 6.92 Å². The van der Waals surface area contributed by atoms with Crippen LogP contribution in [0.5, 0.6) is 5.75 Å². The molecule has 0 aromatic heterocycles. The van der Waals surface area contributed by atoms with Crippen LogP contribution in [0.1, 0.15) is 6.92 Å². The molecule has 1 nitrogen and oxygen atoms in total. The average molecular weight is 172 g/mol. The normalized spacial score (nSPS) is 10.2. The van der Waals surface area contributed by atoms with E-state index in [1.54, 1.807) is 0 Å². The number of hydrogen-bond donors (Lipinski definition) is 0. The summed E-state index contributed by atoms with van der Waals surface area (Å²) < 4.78 is 5.41. The first kappa shape index (κ1) is 8.11. The van der Waals surface area contributed by atoms with Crippen LogP contribution >= 0.6 is 0 Å². The van der Waals surface area contributed by atoms with Crippen molar-refractivity contribution in [1.29, 1.82) is 0 Å². The van der Waals surface area contributed by atoms with Gasteiger partial charge < -0.3 is 4.74 Å². The van der Waals surface area contributed by atoms with E-state index in [0.29, 0.717) is 6.61 Å². The predicted molar refractivity (Wildman–Crippen MR) is 54.2 cm³/mol. The summed E-state index contributed by atoms with van der Waals surface area (Å²) in [5.74, 6) is 0.929. The zero-order valence-corrected chi connectivity index (χ0v) is 7.66. The van der Waals surface area contributed by atoms with E-state index in [0.717, 1.165) is 5.75 Å². The predicted octanol–water partition coefficient (Wildman–Crippen LogP) is 3.19. The summed E-state index contributed by atoms with van der Waals surface area (Å²) in [5, 5.41) is 0. The molecule has 2 aliphatic carbocycles. The summed E-state index contributed by atoms with van der Waals surface area (Å²) in [6.07, 6.45) is 0. The second kappa shape index (κ2) is 3.48. The van der Waals surface area contributed by atoms with Crippen LogP contribution in [0, 0.1) is 0 Å². The van der Waals surface area contributed by atoms with Crippen molar-refractivity contribution in [3.63, 3.8) is 0 Å². The summed E-state index contributed by atoms with van der Waals surface area (Å²) in [6.45, 7) is 2.71. The molecule has 0 aromatic rings. The molecule has 2 aliphatic rings. The van der Waals surface area contributed by atoms with Crippen LogP contribution in [0.4, 0.5) is 0 Å². The summed E-state index contributed by atoms with van der Waals surface area (Å²) in [7, 11) is 0. The molecule has 0 saturated carbocycles. The van der Waals surface area contributed by atoms with Crippen molar-refractivity contribution < 1.29 is 4.74 Å². The van der Waals surface area contributed by atoms with Gasteiger partial charge in [-0.05, 0) is 30.2 Å². The van der Waals surface area contributed by atoms with Gasteiger partial charge in [0.1, 0.15) is 5.75 Å². The van der Waals surface area contributed by atoms with Crippen LogP contribution in [0.15, 0.2) is 42.5 Å². The molecule has 66 valence electrons. The molecular formula is C12H12O. The highest BCUT2D eigenvalue weighted by Gasteiger charge is 1.98. The van der Waals surface area contributed by atoms with E-state index in [1.165, 1.54) is 11.1 Å². The third kappa shape index (κ3) is 1.64. The molecule has 0 heterocycles. The summed E-state index contributed by atoms with van der Waals surface area (Å²) in [4.78, 5) is 0. The maximum absolute atomic E-state index is 5.41. The second-order valence-corrected chi connectivity index (χ2v) is 2.94. The van der Waals surface area contributed by atoms with Gasteiger partial charge in [-0.1, -0.05) is 30.3 Å². The van der Waals surface area contributed by atoms with Crippen LogP contribution in [-0.2, 0) is 0 Å². The van der Waals surface area contributed by atoms with Gasteiger partial charge in [-0.25, -0.2) is 0 Å². The van der Waals surface area contributed by atoms with E-state index in [4.69, 9.17) is 4.74 Å². The van der Waals surface area contributed by atoms with Gasteiger partial charge in [0, 0.05) is 0 Å². The number of hydrogen-bond acceptors (Lipinski definition) is 1. The molecule has 0 N–H and O–H groups in total. The van der Waals surface area contributed by atoms with Gasteiger partial charge in [-0.3, -0.25) is 0 Å². The monoisotopic (exact) mass is 172 g/mol. The van der Waals surface area contributed by atoms with Crippen LogP contribution in [0.2, 0.25) is 0 Å². The quantitative estimate of drug-likeness (QED) is 0.676. The van der Waals surface area contributed by atoms with Crippen molar-refractivity contribution in [2.75, 3.05) is 6.61 Å². The fraction of sp³-hybridized carbons (Fsp3) is 0.167. The minimum Gasteiger partial charge on any atom is -0.494 e. The zero-order chi connectivity index (χ0) is 9.10. The van der Waals surface area contributed by atoms with E-state index in [-0.39, 0.29) is 0 Å². The van der Waals surface area contributed by atoms with Crippen LogP contribution < -0.4 is 4.74 Å². The van der Waals surface area contributed by atoms with Gasteiger partial charge in [0.2, 0.25) is 0 Å². The van der Waals surface area contributed by atoms with E-state index >= 15 is 0 Å². The fourth-order valence-electron chi connectivity index (χ4n) is 1.41. The van der Waals surface area contributed by atoms with Crippen molar-refractivity contribution in [3.05, 3.63) is 42.5 Å². The van der Waals surface area contributed by atoms with Crippen molar-refractivity contribution in [3.8, 4) is 16.9 Å². The smallest absolute Gasteiger partial charge is 0.119 e. The Hall–Kier alpha value is -1.50. The Morgan fingerprint density at radius 2 is 1.54 bits per heavy atom. The molecule has 0 bridgehead atoms. The third-order valence-electron chi connectivity index (χ3n) is 2.05. The van der Waals surface area contributed by atoms with Crippen molar-refractivity contribution in [2.24, 2.45) is 0 Å². The van der Waals surface area contributed by atoms with Crippen molar-refractivity contribution in [1.82, 2.24) is 0 Å². The molecule has 0 unspecified atom stereocenters. The highest BCUT2D eigenvalue weighted by Crippen LogP contribution is 2.23. The Morgan fingerprint density at radius 1 is 0.923 bits per heavy atom. The van der Waals surface area contributed by atoms with Crippen LogP contribution in [0.3, 0.4) is 0 Å². The second-order valence-electron chi connectivity index (χ2n) is 2.94. The third-order valence-corrected chi connectivity index (χ3v) is 2.05. The highest BCUT2D eigenvalue weighted by atomic mass is 16.5. The first-order chi connectivity index (χ1) is 6.40. The van der Waals surface area contributed by atoms with Crippen LogP contribution in [0.25, 0.3) is 11.1 Å². The molecule has 0 aromatic carbocycles. The first-order valence-electron chi connectivity index (χ1n) is 4.52. The van der Waals surface area contributed by atoms with Crippen LogP contribution in [-0.4, -0.2) is 6.61 Å². The van der Waals surface area contributed by atoms with Gasteiger partial charge in [0.05, 0.1) is 6.61 Å². The molecule has 0 radical (unpaired) electrons. The molecular weight excluding hydrogens is 160 g/mol. The molecule has 0 saturated heterocycles. The SMILES string of the molecule is CCOc1ccc2cccc-2cc1. The van der Waals surface area contributed by atoms with Gasteiger partial charge in [-0.15, -0.1) is 0 Å². The Morgan fingerprint density at radius 3 is 2.08 bits per heavy atom. The molecule has 1 heteroatoms. The maximum Gasteiger partial charge on any atom is 0.119 e. The maximum atomic E-state index is 5.41. The first-order valence-corrected chi connectivity index (χ1v) is 4.52. The lowest BCUT2D eigenvalue weighted by Crippen LogP contribution is -1.88. The van der Waals surface area contributed by atoms with Gasteiger partial charge >= 0.3 is 0 Å². The van der Waals surface area contributed by atoms with E-state index in [9.17, 15) is 0 Å². The Labute approximate surface area is 78.3 Å². The number of ether oxygens (including phenoxy) is 1. The molecule has 0 aliphatic heterocycles.